The molecule has 2 fully saturated rings. The summed E-state index contributed by atoms with van der Waals surface area (Å²) in [6.07, 6.45) is 3.57. The van der Waals surface area contributed by atoms with Crippen molar-refractivity contribution in [1.29, 1.82) is 0 Å². The van der Waals surface area contributed by atoms with Crippen LogP contribution in [0, 0.1) is 11.8 Å². The first-order valence-corrected chi connectivity index (χ1v) is 9.47. The van der Waals surface area contributed by atoms with Gasteiger partial charge in [-0.05, 0) is 24.8 Å². The number of carbonyl (C=O) groups is 2. The second-order valence-electron chi connectivity index (χ2n) is 8.00. The standard InChI is InChI=1S/C23H21NO4/c1-13(2)12-18-23-11-10-17(28-23)19(22(26)27)20(23)21(25)24(18)16-9-5-7-14-6-3-4-8-15(14)16/h3-11,17-20H,1,12H2,2H3,(H,26,27)/p-1/t17-,18+,19-,20-,23-/m1/s1. The van der Waals surface area contributed by atoms with Gasteiger partial charge in [0.05, 0.1) is 23.8 Å². The molecule has 0 aromatic heterocycles. The third-order valence-electron chi connectivity index (χ3n) is 6.26. The Hall–Kier alpha value is -2.92. The summed E-state index contributed by atoms with van der Waals surface area (Å²) < 4.78 is 6.17. The number of hydrogen-bond donors (Lipinski definition) is 0. The van der Waals surface area contributed by atoms with Gasteiger partial charge in [-0.1, -0.05) is 54.1 Å². The van der Waals surface area contributed by atoms with Gasteiger partial charge >= 0.3 is 0 Å². The molecule has 0 N–H and O–H groups in total. The maximum atomic E-state index is 13.6. The Bertz CT molecular complexity index is 1050. The predicted octanol–water partition coefficient (Wildman–Crippen LogP) is 2.21. The van der Waals surface area contributed by atoms with E-state index in [0.29, 0.717) is 6.42 Å². The van der Waals surface area contributed by atoms with Crippen molar-refractivity contribution in [2.45, 2.75) is 31.1 Å². The highest BCUT2D eigenvalue weighted by molar-refractivity contribution is 6.09. The van der Waals surface area contributed by atoms with Crippen molar-refractivity contribution in [1.82, 2.24) is 0 Å². The fourth-order valence-electron chi connectivity index (χ4n) is 5.20. The minimum Gasteiger partial charge on any atom is -0.550 e. The van der Waals surface area contributed by atoms with Crippen LogP contribution in [0.15, 0.2) is 66.8 Å². The summed E-state index contributed by atoms with van der Waals surface area (Å²) in [6.45, 7) is 5.95. The largest absolute Gasteiger partial charge is 0.550 e. The molecule has 5 heteroatoms. The molecule has 0 radical (unpaired) electrons. The van der Waals surface area contributed by atoms with E-state index in [1.54, 1.807) is 11.0 Å². The number of aliphatic carboxylic acids is 1. The Morgan fingerprint density at radius 3 is 2.75 bits per heavy atom. The van der Waals surface area contributed by atoms with E-state index >= 15 is 0 Å². The van der Waals surface area contributed by atoms with Crippen LogP contribution in [0.2, 0.25) is 0 Å². The van der Waals surface area contributed by atoms with Crippen LogP contribution < -0.4 is 10.0 Å². The molecule has 2 aromatic carbocycles. The van der Waals surface area contributed by atoms with Crippen molar-refractivity contribution in [3.8, 4) is 0 Å². The number of amides is 1. The molecular weight excluding hydrogens is 354 g/mol. The summed E-state index contributed by atoms with van der Waals surface area (Å²) in [7, 11) is 0. The first-order chi connectivity index (χ1) is 13.4. The predicted molar refractivity (Wildman–Crippen MR) is 103 cm³/mol. The lowest BCUT2D eigenvalue weighted by Crippen LogP contribution is -2.46. The molecular formula is C23H20NO4-. The van der Waals surface area contributed by atoms with Crippen molar-refractivity contribution in [3.05, 3.63) is 66.8 Å². The van der Waals surface area contributed by atoms with Crippen molar-refractivity contribution < 1.29 is 19.4 Å². The maximum absolute atomic E-state index is 13.6. The Morgan fingerprint density at radius 1 is 1.25 bits per heavy atom. The molecule has 5 rings (SSSR count). The summed E-state index contributed by atoms with van der Waals surface area (Å²) in [5.74, 6) is -3.20. The van der Waals surface area contributed by atoms with Gasteiger partial charge in [0.2, 0.25) is 5.91 Å². The number of carboxylic acids is 1. The van der Waals surface area contributed by atoms with Gasteiger partial charge in [0.25, 0.3) is 0 Å². The van der Waals surface area contributed by atoms with Gasteiger partial charge in [0.15, 0.2) is 0 Å². The summed E-state index contributed by atoms with van der Waals surface area (Å²) in [4.78, 5) is 27.2. The van der Waals surface area contributed by atoms with E-state index in [1.807, 2.05) is 55.5 Å². The molecule has 2 saturated heterocycles. The number of ether oxygens (including phenoxy) is 1. The molecule has 3 aliphatic heterocycles. The van der Waals surface area contributed by atoms with Gasteiger partial charge in [-0.15, -0.1) is 6.58 Å². The molecule has 0 unspecified atom stereocenters. The molecule has 3 aliphatic rings. The van der Waals surface area contributed by atoms with Crippen molar-refractivity contribution in [2.75, 3.05) is 4.90 Å². The molecule has 1 amide bonds. The highest BCUT2D eigenvalue weighted by Crippen LogP contribution is 2.57. The lowest BCUT2D eigenvalue weighted by molar-refractivity contribution is -0.313. The van der Waals surface area contributed by atoms with E-state index in [1.165, 1.54) is 0 Å². The van der Waals surface area contributed by atoms with Crippen LogP contribution in [0.3, 0.4) is 0 Å². The van der Waals surface area contributed by atoms with Gasteiger partial charge in [-0.3, -0.25) is 4.79 Å². The number of rotatable bonds is 4. The molecule has 142 valence electrons. The molecule has 0 aliphatic carbocycles. The van der Waals surface area contributed by atoms with Crippen LogP contribution in [0.1, 0.15) is 13.3 Å². The Labute approximate surface area is 162 Å². The van der Waals surface area contributed by atoms with Crippen LogP contribution in [0.4, 0.5) is 5.69 Å². The zero-order valence-corrected chi connectivity index (χ0v) is 15.5. The molecule has 2 bridgehead atoms. The van der Waals surface area contributed by atoms with Crippen molar-refractivity contribution in [3.63, 3.8) is 0 Å². The summed E-state index contributed by atoms with van der Waals surface area (Å²) in [6, 6.07) is 13.3. The number of nitrogens with zero attached hydrogens (tertiary/aromatic N) is 1. The summed E-state index contributed by atoms with van der Waals surface area (Å²) >= 11 is 0. The zero-order valence-electron chi connectivity index (χ0n) is 15.5. The topological polar surface area (TPSA) is 69.7 Å². The number of carbonyl (C=O) groups excluding carboxylic acids is 2. The van der Waals surface area contributed by atoms with E-state index in [-0.39, 0.29) is 11.9 Å². The SMILES string of the molecule is C=C(C)C[C@@H]1N(c2cccc3ccccc23)C(=O)[C@H]2[C@H](C(=O)[O-])[C@H]3C=C[C@@]12O3. The number of benzene rings is 2. The van der Waals surface area contributed by atoms with E-state index < -0.39 is 29.5 Å². The van der Waals surface area contributed by atoms with Crippen LogP contribution >= 0.6 is 0 Å². The van der Waals surface area contributed by atoms with Crippen molar-refractivity contribution >= 4 is 28.3 Å². The second-order valence-corrected chi connectivity index (χ2v) is 8.00. The average Bonchev–Trinajstić information content (AvgIpc) is 3.30. The minimum atomic E-state index is -1.23. The van der Waals surface area contributed by atoms with Gasteiger partial charge < -0.3 is 19.5 Å². The van der Waals surface area contributed by atoms with E-state index in [2.05, 4.69) is 6.58 Å². The highest BCUT2D eigenvalue weighted by atomic mass is 16.5. The molecule has 1 spiro atoms. The maximum Gasteiger partial charge on any atom is 0.234 e. The van der Waals surface area contributed by atoms with Gasteiger partial charge in [0.1, 0.15) is 5.60 Å². The van der Waals surface area contributed by atoms with Gasteiger partial charge in [-0.25, -0.2) is 0 Å². The Morgan fingerprint density at radius 2 is 2.00 bits per heavy atom. The highest BCUT2D eigenvalue weighted by Gasteiger charge is 2.69. The normalized spacial score (nSPS) is 32.9. The lowest BCUT2D eigenvalue weighted by Gasteiger charge is -2.34. The molecule has 3 heterocycles. The number of hydrogen-bond acceptors (Lipinski definition) is 4. The number of anilines is 1. The lowest BCUT2D eigenvalue weighted by atomic mass is 9.74. The summed E-state index contributed by atoms with van der Waals surface area (Å²) in [5.41, 5.74) is 0.730. The first kappa shape index (κ1) is 17.2. The molecule has 0 saturated carbocycles. The average molecular weight is 374 g/mol. The zero-order chi connectivity index (χ0) is 19.6. The molecule has 5 atom stereocenters. The van der Waals surface area contributed by atoms with Crippen LogP contribution in [-0.2, 0) is 14.3 Å². The van der Waals surface area contributed by atoms with Crippen LogP contribution in [-0.4, -0.2) is 29.6 Å². The molecule has 2 aromatic rings. The fraction of sp³-hybridized carbons (Fsp3) is 0.304. The molecule has 5 nitrogen and oxygen atoms in total. The van der Waals surface area contributed by atoms with Gasteiger partial charge in [-0.2, -0.15) is 0 Å². The van der Waals surface area contributed by atoms with E-state index in [9.17, 15) is 14.7 Å². The van der Waals surface area contributed by atoms with Crippen LogP contribution in [0.25, 0.3) is 10.8 Å². The Balaban J connectivity index is 1.71. The van der Waals surface area contributed by atoms with E-state index in [4.69, 9.17) is 4.74 Å². The first-order valence-electron chi connectivity index (χ1n) is 9.47. The quantitative estimate of drug-likeness (QED) is 0.770. The van der Waals surface area contributed by atoms with Crippen molar-refractivity contribution in [2.24, 2.45) is 11.8 Å². The fourth-order valence-corrected chi connectivity index (χ4v) is 5.20. The second kappa shape index (κ2) is 5.79. The number of fused-ring (bicyclic) bond motifs is 2. The third-order valence-corrected chi connectivity index (χ3v) is 6.26. The molecule has 28 heavy (non-hydrogen) atoms. The number of carboxylic acid groups (broad SMARTS) is 1. The Kier molecular flexibility index (Phi) is 3.55. The third kappa shape index (κ3) is 2.11. The summed E-state index contributed by atoms with van der Waals surface area (Å²) in [5, 5.41) is 13.8. The smallest absolute Gasteiger partial charge is 0.234 e. The van der Waals surface area contributed by atoms with Crippen LogP contribution in [0.5, 0.6) is 0 Å². The minimum absolute atomic E-state index is 0.219. The van der Waals surface area contributed by atoms with E-state index in [0.717, 1.165) is 22.0 Å². The van der Waals surface area contributed by atoms with Gasteiger partial charge in [0, 0.05) is 17.3 Å². The monoisotopic (exact) mass is 374 g/mol.